The van der Waals surface area contributed by atoms with E-state index in [1.54, 1.807) is 6.92 Å². The summed E-state index contributed by atoms with van der Waals surface area (Å²) in [4.78, 5) is 12.1. The molecule has 0 spiro atoms. The van der Waals surface area contributed by atoms with Gasteiger partial charge in [-0.2, -0.15) is 4.31 Å². The van der Waals surface area contributed by atoms with Gasteiger partial charge in [-0.1, -0.05) is 6.07 Å². The molecule has 0 bridgehead atoms. The van der Waals surface area contributed by atoms with Gasteiger partial charge in [-0.05, 0) is 25.1 Å². The molecule has 1 fully saturated rings. The third-order valence-corrected chi connectivity index (χ3v) is 5.73. The highest BCUT2D eigenvalue weighted by molar-refractivity contribution is 7.89. The quantitative estimate of drug-likeness (QED) is 0.716. The number of rotatable bonds is 4. The lowest BCUT2D eigenvalue weighted by atomic mass is 10.2. The summed E-state index contributed by atoms with van der Waals surface area (Å²) in [5.41, 5.74) is 5.26. The molecule has 2 rings (SSSR count). The van der Waals surface area contributed by atoms with Crippen molar-refractivity contribution < 1.29 is 22.5 Å². The van der Waals surface area contributed by atoms with E-state index in [0.717, 1.165) is 11.0 Å². The summed E-state index contributed by atoms with van der Waals surface area (Å²) in [6.07, 6.45) is 0. The molecule has 3 N–H and O–H groups in total. The topological polar surface area (TPSA) is 84.9 Å². The Labute approximate surface area is 123 Å². The van der Waals surface area contributed by atoms with Crippen LogP contribution in [0.2, 0.25) is 0 Å². The number of quaternary nitrogens is 1. The smallest absolute Gasteiger partial charge is 0.275 e. The number of hydrogen-bond acceptors (Lipinski definition) is 3. The normalized spacial score (nSPS) is 19.3. The lowest BCUT2D eigenvalue weighted by Gasteiger charge is -2.33. The van der Waals surface area contributed by atoms with Gasteiger partial charge >= 0.3 is 0 Å². The predicted molar refractivity (Wildman–Crippen MR) is 74.5 cm³/mol. The molecule has 21 heavy (non-hydrogen) atoms. The lowest BCUT2D eigenvalue weighted by Crippen LogP contribution is -3.19. The van der Waals surface area contributed by atoms with Crippen molar-refractivity contribution in [1.82, 2.24) is 4.31 Å². The predicted octanol–water partition coefficient (Wildman–Crippen LogP) is -1.41. The second kappa shape index (κ2) is 6.08. The first-order valence-electron chi connectivity index (χ1n) is 6.72. The number of piperazine rings is 1. The van der Waals surface area contributed by atoms with Gasteiger partial charge in [-0.25, -0.2) is 12.8 Å². The number of amides is 1. The van der Waals surface area contributed by atoms with Crippen molar-refractivity contribution in [3.8, 4) is 0 Å². The molecular formula is C13H19FN3O3S+. The van der Waals surface area contributed by atoms with Gasteiger partial charge in [0.15, 0.2) is 6.04 Å². The number of sulfonamides is 1. The van der Waals surface area contributed by atoms with E-state index < -0.39 is 21.7 Å². The number of carbonyl (C=O) groups is 1. The molecule has 1 heterocycles. The molecule has 0 saturated carbocycles. The summed E-state index contributed by atoms with van der Waals surface area (Å²) >= 11 is 0. The van der Waals surface area contributed by atoms with Crippen LogP contribution in [0.4, 0.5) is 4.39 Å². The van der Waals surface area contributed by atoms with Crippen LogP contribution in [0.15, 0.2) is 29.2 Å². The fraction of sp³-hybridized carbons (Fsp3) is 0.462. The average molecular weight is 316 g/mol. The molecule has 0 aliphatic carbocycles. The SMILES string of the molecule is C[C@@H](C(N)=O)[NH+]1CCN(S(=O)(=O)c2cccc(F)c2)CC1. The minimum atomic E-state index is -3.69. The first kappa shape index (κ1) is 15.9. The molecular weight excluding hydrogens is 297 g/mol. The van der Waals surface area contributed by atoms with Crippen molar-refractivity contribution in [2.24, 2.45) is 5.73 Å². The fourth-order valence-corrected chi connectivity index (χ4v) is 3.90. The maximum absolute atomic E-state index is 13.2. The van der Waals surface area contributed by atoms with E-state index in [1.807, 2.05) is 0 Å². The van der Waals surface area contributed by atoms with Crippen LogP contribution < -0.4 is 10.6 Å². The Kier molecular flexibility index (Phi) is 4.60. The summed E-state index contributed by atoms with van der Waals surface area (Å²) in [7, 11) is -3.69. The van der Waals surface area contributed by atoms with Crippen molar-refractivity contribution in [2.45, 2.75) is 17.9 Å². The molecule has 116 valence electrons. The van der Waals surface area contributed by atoms with Crippen molar-refractivity contribution >= 4 is 15.9 Å². The zero-order chi connectivity index (χ0) is 15.6. The van der Waals surface area contributed by atoms with Gasteiger partial charge in [0.1, 0.15) is 5.82 Å². The van der Waals surface area contributed by atoms with Gasteiger partial charge < -0.3 is 10.6 Å². The molecule has 0 aromatic heterocycles. The van der Waals surface area contributed by atoms with Gasteiger partial charge in [0.05, 0.1) is 31.1 Å². The van der Waals surface area contributed by atoms with Crippen molar-refractivity contribution in [2.75, 3.05) is 26.2 Å². The number of nitrogens with zero attached hydrogens (tertiary/aromatic N) is 1. The largest absolute Gasteiger partial charge is 0.365 e. The van der Waals surface area contributed by atoms with E-state index in [-0.39, 0.29) is 24.0 Å². The van der Waals surface area contributed by atoms with Crippen molar-refractivity contribution in [3.05, 3.63) is 30.1 Å². The monoisotopic (exact) mass is 316 g/mol. The first-order valence-corrected chi connectivity index (χ1v) is 8.16. The average Bonchev–Trinajstić information content (AvgIpc) is 2.46. The van der Waals surface area contributed by atoms with E-state index >= 15 is 0 Å². The van der Waals surface area contributed by atoms with E-state index in [9.17, 15) is 17.6 Å². The van der Waals surface area contributed by atoms with Crippen molar-refractivity contribution in [3.63, 3.8) is 0 Å². The number of nitrogens with one attached hydrogen (secondary N) is 1. The summed E-state index contributed by atoms with van der Waals surface area (Å²) in [5.74, 6) is -0.978. The van der Waals surface area contributed by atoms with E-state index in [2.05, 4.69) is 0 Å². The standard InChI is InChI=1S/C13H18FN3O3S/c1-10(13(15)18)16-5-7-17(8-6-16)21(19,20)12-4-2-3-11(14)9-12/h2-4,9-10H,5-8H2,1H3,(H2,15,18)/p+1/t10-/m0/s1. The van der Waals surface area contributed by atoms with Gasteiger partial charge in [0.2, 0.25) is 10.0 Å². The van der Waals surface area contributed by atoms with E-state index in [4.69, 9.17) is 5.73 Å². The van der Waals surface area contributed by atoms with Crippen LogP contribution in [0, 0.1) is 5.82 Å². The fourth-order valence-electron chi connectivity index (χ4n) is 2.42. The van der Waals surface area contributed by atoms with Crippen LogP contribution in [0.25, 0.3) is 0 Å². The third kappa shape index (κ3) is 3.39. The molecule has 1 saturated heterocycles. The number of carbonyl (C=O) groups excluding carboxylic acids is 1. The molecule has 0 radical (unpaired) electrons. The maximum atomic E-state index is 13.2. The maximum Gasteiger partial charge on any atom is 0.275 e. The number of benzene rings is 1. The van der Waals surface area contributed by atoms with Gasteiger partial charge in [0, 0.05) is 0 Å². The minimum Gasteiger partial charge on any atom is -0.365 e. The van der Waals surface area contributed by atoms with Crippen LogP contribution in [0.5, 0.6) is 0 Å². The Hall–Kier alpha value is -1.51. The summed E-state index contributed by atoms with van der Waals surface area (Å²) in [5, 5.41) is 0. The zero-order valence-electron chi connectivity index (χ0n) is 11.8. The molecule has 8 heteroatoms. The highest BCUT2D eigenvalue weighted by Gasteiger charge is 2.33. The van der Waals surface area contributed by atoms with Crippen LogP contribution in [0.1, 0.15) is 6.92 Å². The molecule has 1 aliphatic heterocycles. The molecule has 1 aliphatic rings. The molecule has 1 aromatic carbocycles. The molecule has 6 nitrogen and oxygen atoms in total. The summed E-state index contributed by atoms with van der Waals surface area (Å²) < 4.78 is 39.3. The molecule has 1 amide bonds. The summed E-state index contributed by atoms with van der Waals surface area (Å²) in [6.45, 7) is 3.29. The molecule has 1 aromatic rings. The molecule has 0 unspecified atom stereocenters. The first-order chi connectivity index (χ1) is 9.82. The highest BCUT2D eigenvalue weighted by Crippen LogP contribution is 2.16. The van der Waals surface area contributed by atoms with Crippen LogP contribution in [-0.2, 0) is 14.8 Å². The Morgan fingerprint density at radius 2 is 2.00 bits per heavy atom. The zero-order valence-corrected chi connectivity index (χ0v) is 12.6. The number of primary amides is 1. The third-order valence-electron chi connectivity index (χ3n) is 3.84. The van der Waals surface area contributed by atoms with Gasteiger partial charge in [0.25, 0.3) is 5.91 Å². The van der Waals surface area contributed by atoms with E-state index in [1.165, 1.54) is 22.5 Å². The number of hydrogen-bond donors (Lipinski definition) is 2. The van der Waals surface area contributed by atoms with E-state index in [0.29, 0.717) is 13.1 Å². The number of nitrogens with two attached hydrogens (primary N) is 1. The minimum absolute atomic E-state index is 0.0473. The summed E-state index contributed by atoms with van der Waals surface area (Å²) in [6, 6.07) is 4.63. The Morgan fingerprint density at radius 3 is 2.52 bits per heavy atom. The Balaban J connectivity index is 2.09. The molecule has 1 atom stereocenters. The van der Waals surface area contributed by atoms with Gasteiger partial charge in [-0.3, -0.25) is 4.79 Å². The lowest BCUT2D eigenvalue weighted by molar-refractivity contribution is -0.917. The Bertz CT molecular complexity index is 627. The Morgan fingerprint density at radius 1 is 1.38 bits per heavy atom. The van der Waals surface area contributed by atoms with Crippen molar-refractivity contribution in [1.29, 1.82) is 0 Å². The van der Waals surface area contributed by atoms with Crippen LogP contribution in [-0.4, -0.2) is 50.9 Å². The van der Waals surface area contributed by atoms with Crippen LogP contribution >= 0.6 is 0 Å². The number of halogens is 1. The van der Waals surface area contributed by atoms with Gasteiger partial charge in [-0.15, -0.1) is 0 Å². The second-order valence-electron chi connectivity index (χ2n) is 5.14. The second-order valence-corrected chi connectivity index (χ2v) is 7.08. The van der Waals surface area contributed by atoms with Crippen LogP contribution in [0.3, 0.4) is 0 Å². The highest BCUT2D eigenvalue weighted by atomic mass is 32.2.